The second kappa shape index (κ2) is 9.69. The lowest BCUT2D eigenvalue weighted by Gasteiger charge is -2.53. The number of alkyl halides is 2. The maximum Gasteiger partial charge on any atom is 0.262 e. The van der Waals surface area contributed by atoms with E-state index in [9.17, 15) is 48.7 Å². The highest BCUT2D eigenvalue weighted by Gasteiger charge is 2.64. The van der Waals surface area contributed by atoms with Gasteiger partial charge in [-0.15, -0.1) is 0 Å². The molecule has 42 heavy (non-hydrogen) atoms. The number of aliphatic hydroxyl groups is 4. The number of anilines is 1. The van der Waals surface area contributed by atoms with Crippen molar-refractivity contribution in [3.63, 3.8) is 0 Å². The van der Waals surface area contributed by atoms with Crippen LogP contribution < -0.4 is 11.1 Å². The molecular formula is C27H31F3N4O8. The monoisotopic (exact) mass is 596 g/mol. The summed E-state index contributed by atoms with van der Waals surface area (Å²) in [4.78, 5) is 41.3. The van der Waals surface area contributed by atoms with Gasteiger partial charge in [-0.2, -0.15) is 0 Å². The minimum Gasteiger partial charge on any atom is -0.510 e. The van der Waals surface area contributed by atoms with Gasteiger partial charge in [0.1, 0.15) is 23.4 Å². The van der Waals surface area contributed by atoms with E-state index in [0.717, 1.165) is 11.0 Å². The maximum atomic E-state index is 15.4. The van der Waals surface area contributed by atoms with E-state index in [4.69, 9.17) is 5.73 Å². The van der Waals surface area contributed by atoms with Gasteiger partial charge in [0.05, 0.1) is 35.5 Å². The number of nitrogens with two attached hydrogens (primary N) is 1. The molecule has 2 fully saturated rings. The average Bonchev–Trinajstić information content (AvgIpc) is 3.16. The minimum absolute atomic E-state index is 0.169. The molecule has 5 rings (SSSR count). The Kier molecular flexibility index (Phi) is 6.88. The minimum atomic E-state index is -3.13. The van der Waals surface area contributed by atoms with Gasteiger partial charge in [-0.25, -0.2) is 13.2 Å². The van der Waals surface area contributed by atoms with Gasteiger partial charge >= 0.3 is 0 Å². The van der Waals surface area contributed by atoms with Crippen molar-refractivity contribution in [2.45, 2.75) is 49.0 Å². The molecule has 4 aliphatic rings. The molecule has 0 aromatic heterocycles. The zero-order valence-corrected chi connectivity index (χ0v) is 22.9. The Morgan fingerprint density at radius 3 is 2.40 bits per heavy atom. The van der Waals surface area contributed by atoms with E-state index in [-0.39, 0.29) is 18.4 Å². The van der Waals surface area contributed by atoms with Crippen LogP contribution >= 0.6 is 0 Å². The van der Waals surface area contributed by atoms with Crippen molar-refractivity contribution in [1.82, 2.24) is 9.80 Å². The standard InChI is InChI=1S/C27H31F3N4O8/c1-33(2)18-11-5-9-4-10-12(28)6-13(32-25(41)14-7-26(29,30)8-34(14)3)19(35)16(10)20(36)15(9)22(38)27(11,42)23(39)17(21(18)37)24(31)40/h6,9,11,14,18,23,35-37,39,42H,4-5,7-8H2,1-3H3,(H2,31,40)(H,32,41)/t9-,11-,14-,18-,23?,27-/m0/s1. The number of carbonyl (C=O) groups is 3. The van der Waals surface area contributed by atoms with Crippen LogP contribution in [-0.4, -0.2) is 110 Å². The zero-order valence-electron chi connectivity index (χ0n) is 22.9. The molecule has 15 heteroatoms. The maximum absolute atomic E-state index is 15.4. The van der Waals surface area contributed by atoms with Gasteiger partial charge in [0.2, 0.25) is 5.91 Å². The first-order valence-electron chi connectivity index (χ1n) is 13.1. The Labute approximate surface area is 237 Å². The number of aliphatic hydroxyl groups excluding tert-OH is 3. The number of benzene rings is 1. The number of primary amides is 1. The van der Waals surface area contributed by atoms with Crippen molar-refractivity contribution in [3.05, 3.63) is 39.9 Å². The van der Waals surface area contributed by atoms with E-state index in [2.05, 4.69) is 5.32 Å². The number of likely N-dealkylation sites (N-methyl/N-ethyl adjacent to an activating group) is 2. The summed E-state index contributed by atoms with van der Waals surface area (Å²) in [7, 11) is 4.30. The first-order valence-corrected chi connectivity index (χ1v) is 13.1. The second-order valence-corrected chi connectivity index (χ2v) is 11.7. The third-order valence-corrected chi connectivity index (χ3v) is 8.93. The zero-order chi connectivity index (χ0) is 31.2. The van der Waals surface area contributed by atoms with Crippen LogP contribution in [0.15, 0.2) is 23.0 Å². The van der Waals surface area contributed by atoms with E-state index in [1.807, 2.05) is 0 Å². The summed E-state index contributed by atoms with van der Waals surface area (Å²) in [6.07, 6.45) is -3.51. The van der Waals surface area contributed by atoms with Crippen molar-refractivity contribution >= 4 is 29.0 Å². The number of rotatable bonds is 4. The lowest BCUT2D eigenvalue weighted by atomic mass is 9.56. The predicted molar refractivity (Wildman–Crippen MR) is 140 cm³/mol. The normalized spacial score (nSPS) is 32.5. The molecule has 1 saturated heterocycles. The fourth-order valence-corrected chi connectivity index (χ4v) is 7.03. The number of nitrogens with zero attached hydrogens (tertiary/aromatic N) is 2. The average molecular weight is 597 g/mol. The fourth-order valence-electron chi connectivity index (χ4n) is 7.03. The largest absolute Gasteiger partial charge is 0.510 e. The SMILES string of the molecule is CN(C)[C@@H]1C(O)=C(C(N)=O)C(O)[C@@]2(O)C(=O)C3=C(O)c4c(O)c(NC(=O)[C@@H]5CC(F)(F)CN5C)cc(F)c4C[C@H]3C[C@@H]12. The number of phenols is 1. The number of aromatic hydroxyl groups is 1. The second-order valence-electron chi connectivity index (χ2n) is 11.7. The Morgan fingerprint density at radius 2 is 1.86 bits per heavy atom. The van der Waals surface area contributed by atoms with Gasteiger partial charge in [-0.05, 0) is 39.9 Å². The molecule has 228 valence electrons. The number of carbonyl (C=O) groups excluding carboxylic acids is 3. The highest BCUT2D eigenvalue weighted by Crippen LogP contribution is 2.54. The third-order valence-electron chi connectivity index (χ3n) is 8.93. The number of amides is 2. The van der Waals surface area contributed by atoms with Crippen LogP contribution in [0.2, 0.25) is 0 Å². The van der Waals surface area contributed by atoms with Gasteiger partial charge in [0, 0.05) is 29.5 Å². The van der Waals surface area contributed by atoms with Crippen LogP contribution in [-0.2, 0) is 20.8 Å². The molecule has 3 aliphatic carbocycles. The summed E-state index contributed by atoms with van der Waals surface area (Å²) in [5.41, 5.74) is 0.0455. The van der Waals surface area contributed by atoms with E-state index < -0.39 is 118 Å². The molecule has 2 amide bonds. The molecule has 0 radical (unpaired) electrons. The molecule has 1 aliphatic heterocycles. The molecule has 1 aromatic rings. The molecule has 1 saturated carbocycles. The molecule has 12 nitrogen and oxygen atoms in total. The lowest BCUT2D eigenvalue weighted by Crippen LogP contribution is -2.68. The van der Waals surface area contributed by atoms with Gasteiger partial charge in [-0.3, -0.25) is 24.2 Å². The number of ketones is 1. The molecule has 0 spiro atoms. The molecular weight excluding hydrogens is 565 g/mol. The number of hydrogen-bond donors (Lipinski definition) is 7. The molecule has 1 heterocycles. The van der Waals surface area contributed by atoms with E-state index in [0.29, 0.717) is 0 Å². The first kappa shape index (κ1) is 29.8. The van der Waals surface area contributed by atoms with E-state index in [1.54, 1.807) is 0 Å². The molecule has 1 aromatic carbocycles. The molecule has 6 atom stereocenters. The van der Waals surface area contributed by atoms with E-state index >= 15 is 4.39 Å². The van der Waals surface area contributed by atoms with Crippen LogP contribution in [0, 0.1) is 17.7 Å². The van der Waals surface area contributed by atoms with Crippen molar-refractivity contribution < 1.29 is 53.1 Å². The summed E-state index contributed by atoms with van der Waals surface area (Å²) in [5, 5.41) is 58.0. The topological polar surface area (TPSA) is 197 Å². The Bertz CT molecular complexity index is 1480. The molecule has 1 unspecified atom stereocenters. The number of likely N-dealkylation sites (tertiary alicyclic amines) is 1. The third kappa shape index (κ3) is 4.17. The van der Waals surface area contributed by atoms with Crippen LogP contribution in [0.5, 0.6) is 5.75 Å². The molecule has 8 N–H and O–H groups in total. The van der Waals surface area contributed by atoms with Gasteiger partial charge < -0.3 is 36.6 Å². The Balaban J connectivity index is 1.58. The number of nitrogens with one attached hydrogen (secondary N) is 1. The number of Topliss-reactive ketones (excluding diaryl/α,β-unsaturated/α-hetero) is 1. The van der Waals surface area contributed by atoms with Gasteiger partial charge in [-0.1, -0.05) is 0 Å². The Morgan fingerprint density at radius 1 is 1.21 bits per heavy atom. The van der Waals surface area contributed by atoms with Gasteiger partial charge in [0.15, 0.2) is 17.1 Å². The van der Waals surface area contributed by atoms with Gasteiger partial charge in [0.25, 0.3) is 11.8 Å². The fraction of sp³-hybridized carbons (Fsp3) is 0.519. The van der Waals surface area contributed by atoms with E-state index in [1.165, 1.54) is 26.0 Å². The highest BCUT2D eigenvalue weighted by molar-refractivity contribution is 6.11. The number of phenolic OH excluding ortho intramolecular Hbond substituents is 1. The van der Waals surface area contributed by atoms with Crippen molar-refractivity contribution in [2.75, 3.05) is 33.0 Å². The number of halogens is 3. The van der Waals surface area contributed by atoms with Crippen LogP contribution in [0.3, 0.4) is 0 Å². The molecule has 0 bridgehead atoms. The number of hydrogen-bond acceptors (Lipinski definition) is 10. The smallest absolute Gasteiger partial charge is 0.262 e. The summed E-state index contributed by atoms with van der Waals surface area (Å²) in [6.45, 7) is -0.680. The first-order chi connectivity index (χ1) is 19.4. The Hall–Kier alpha value is -3.66. The van der Waals surface area contributed by atoms with Crippen LogP contribution in [0.25, 0.3) is 5.76 Å². The number of fused-ring (bicyclic) bond motifs is 3. The lowest BCUT2D eigenvalue weighted by molar-refractivity contribution is -0.170. The van der Waals surface area contributed by atoms with Crippen LogP contribution in [0.4, 0.5) is 18.9 Å². The van der Waals surface area contributed by atoms with Crippen molar-refractivity contribution in [2.24, 2.45) is 17.6 Å². The van der Waals surface area contributed by atoms with Crippen molar-refractivity contribution in [3.8, 4) is 5.75 Å². The summed E-state index contributed by atoms with van der Waals surface area (Å²) in [5.74, 6) is -12.2. The summed E-state index contributed by atoms with van der Waals surface area (Å²) < 4.78 is 43.1. The highest BCUT2D eigenvalue weighted by atomic mass is 19.3. The van der Waals surface area contributed by atoms with Crippen LogP contribution in [0.1, 0.15) is 24.0 Å². The quantitative estimate of drug-likeness (QED) is 0.235. The summed E-state index contributed by atoms with van der Waals surface area (Å²) >= 11 is 0. The predicted octanol–water partition coefficient (Wildman–Crippen LogP) is 0.173. The summed E-state index contributed by atoms with van der Waals surface area (Å²) in [6, 6.07) is -1.67. The van der Waals surface area contributed by atoms with Crippen molar-refractivity contribution in [1.29, 1.82) is 0 Å².